The fourth-order valence-corrected chi connectivity index (χ4v) is 3.79. The highest BCUT2D eigenvalue weighted by atomic mass is 16.5. The van der Waals surface area contributed by atoms with Gasteiger partial charge in [-0.3, -0.25) is 4.79 Å². The number of hydrogen-bond acceptors (Lipinski definition) is 4. The summed E-state index contributed by atoms with van der Waals surface area (Å²) in [4.78, 5) is 26.1. The summed E-state index contributed by atoms with van der Waals surface area (Å²) in [6.07, 6.45) is 2.53. The topological polar surface area (TPSA) is 71.8 Å². The Morgan fingerprint density at radius 3 is 2.38 bits per heavy atom. The highest BCUT2D eigenvalue weighted by Crippen LogP contribution is 2.38. The molecule has 2 aliphatic rings. The summed E-state index contributed by atoms with van der Waals surface area (Å²) in [5, 5.41) is 9.95. The Hall–Kier alpha value is -1.82. The number of hydrogen-bond donors (Lipinski definition) is 1. The first-order chi connectivity index (χ1) is 11.4. The maximum absolute atomic E-state index is 12.9. The third kappa shape index (κ3) is 3.07. The second-order valence-corrected chi connectivity index (χ2v) is 6.98. The van der Waals surface area contributed by atoms with E-state index in [0.29, 0.717) is 32.0 Å². The zero-order valence-electron chi connectivity index (χ0n) is 14.6. The quantitative estimate of drug-likeness (QED) is 0.853. The van der Waals surface area contributed by atoms with E-state index in [1.165, 1.54) is 20.0 Å². The third-order valence-electron chi connectivity index (χ3n) is 5.34. The van der Waals surface area contributed by atoms with Gasteiger partial charge >= 0.3 is 5.97 Å². The van der Waals surface area contributed by atoms with Crippen molar-refractivity contribution in [3.63, 3.8) is 0 Å². The predicted octanol–water partition coefficient (Wildman–Crippen LogP) is 1.83. The van der Waals surface area contributed by atoms with Gasteiger partial charge < -0.3 is 19.3 Å². The van der Waals surface area contributed by atoms with Gasteiger partial charge in [0.15, 0.2) is 6.10 Å². The average Bonchev–Trinajstić information content (AvgIpc) is 3.38. The molecule has 2 heterocycles. The van der Waals surface area contributed by atoms with Gasteiger partial charge in [-0.2, -0.15) is 0 Å². The molecule has 1 N–H and O–H groups in total. The van der Waals surface area contributed by atoms with Crippen LogP contribution >= 0.6 is 0 Å². The van der Waals surface area contributed by atoms with E-state index in [0.717, 1.165) is 17.0 Å². The molecule has 24 heavy (non-hydrogen) atoms. The van der Waals surface area contributed by atoms with Crippen LogP contribution in [0.3, 0.4) is 0 Å². The molecule has 132 valence electrons. The van der Waals surface area contributed by atoms with E-state index in [2.05, 4.69) is 16.2 Å². The van der Waals surface area contributed by atoms with E-state index in [1.54, 1.807) is 0 Å². The van der Waals surface area contributed by atoms with Crippen molar-refractivity contribution < 1.29 is 19.4 Å². The monoisotopic (exact) mass is 334 g/mol. The number of aromatic nitrogens is 1. The van der Waals surface area contributed by atoms with Gasteiger partial charge in [0.1, 0.15) is 0 Å². The molecule has 0 aromatic carbocycles. The van der Waals surface area contributed by atoms with Gasteiger partial charge in [-0.15, -0.1) is 0 Å². The molecule has 0 bridgehead atoms. The number of piperidine rings is 1. The van der Waals surface area contributed by atoms with E-state index in [9.17, 15) is 14.7 Å². The molecule has 1 saturated carbocycles. The minimum atomic E-state index is -1.09. The lowest BCUT2D eigenvalue weighted by atomic mass is 9.91. The lowest BCUT2D eigenvalue weighted by Gasteiger charge is -2.33. The SMILES string of the molecule is COC(=O)[C@@H](O)C1CCN(C(=O)c2cc(C)n(C3CC3)c2C)CC1. The largest absolute Gasteiger partial charge is 0.467 e. The Balaban J connectivity index is 1.65. The van der Waals surface area contributed by atoms with Crippen LogP contribution in [0.4, 0.5) is 0 Å². The van der Waals surface area contributed by atoms with Gasteiger partial charge in [-0.1, -0.05) is 0 Å². The van der Waals surface area contributed by atoms with E-state index in [-0.39, 0.29) is 11.8 Å². The van der Waals surface area contributed by atoms with Gasteiger partial charge in [0.2, 0.25) is 0 Å². The van der Waals surface area contributed by atoms with Gasteiger partial charge in [0.25, 0.3) is 5.91 Å². The van der Waals surface area contributed by atoms with Crippen LogP contribution in [0.15, 0.2) is 6.07 Å². The molecule has 3 rings (SSSR count). The Morgan fingerprint density at radius 1 is 1.21 bits per heavy atom. The molecule has 0 unspecified atom stereocenters. The first-order valence-corrected chi connectivity index (χ1v) is 8.67. The maximum atomic E-state index is 12.9. The molecular weight excluding hydrogens is 308 g/mol. The number of likely N-dealkylation sites (tertiary alicyclic amines) is 1. The Morgan fingerprint density at radius 2 is 1.83 bits per heavy atom. The number of ether oxygens (including phenoxy) is 1. The molecule has 1 aliphatic carbocycles. The average molecular weight is 334 g/mol. The fourth-order valence-electron chi connectivity index (χ4n) is 3.79. The molecule has 0 spiro atoms. The first-order valence-electron chi connectivity index (χ1n) is 8.67. The van der Waals surface area contributed by atoms with Crippen molar-refractivity contribution in [1.29, 1.82) is 0 Å². The second-order valence-electron chi connectivity index (χ2n) is 6.98. The number of amides is 1. The number of aryl methyl sites for hydroxylation is 1. The van der Waals surface area contributed by atoms with Crippen molar-refractivity contribution in [3.8, 4) is 0 Å². The minimum Gasteiger partial charge on any atom is -0.467 e. The summed E-state index contributed by atoms with van der Waals surface area (Å²) in [5.74, 6) is -0.672. The highest BCUT2D eigenvalue weighted by Gasteiger charge is 2.34. The van der Waals surface area contributed by atoms with Crippen LogP contribution in [0.1, 0.15) is 53.5 Å². The summed E-state index contributed by atoms with van der Waals surface area (Å²) in [6, 6.07) is 2.55. The van der Waals surface area contributed by atoms with E-state index >= 15 is 0 Å². The van der Waals surface area contributed by atoms with Crippen LogP contribution in [0, 0.1) is 19.8 Å². The molecule has 1 aromatic heterocycles. The lowest BCUT2D eigenvalue weighted by molar-refractivity contribution is -0.154. The number of methoxy groups -OCH3 is 1. The summed E-state index contributed by atoms with van der Waals surface area (Å²) in [6.45, 7) is 5.20. The standard InChI is InChI=1S/C18H26N2O4/c1-11-10-15(12(2)20(11)14-4-5-14)17(22)19-8-6-13(7-9-19)16(21)18(23)24-3/h10,13-14,16,21H,4-9H2,1-3H3/t16-/m0/s1. The first kappa shape index (κ1) is 17.0. The van der Waals surface area contributed by atoms with Crippen LogP contribution in [-0.2, 0) is 9.53 Å². The zero-order valence-corrected chi connectivity index (χ0v) is 14.6. The molecular formula is C18H26N2O4. The number of carbonyl (C=O) groups excluding carboxylic acids is 2. The molecule has 1 aromatic rings. The van der Waals surface area contributed by atoms with Crippen molar-refractivity contribution in [3.05, 3.63) is 23.0 Å². The molecule has 1 amide bonds. The molecule has 0 radical (unpaired) electrons. The number of rotatable bonds is 4. The highest BCUT2D eigenvalue weighted by molar-refractivity contribution is 5.95. The normalized spacial score (nSPS) is 20.1. The minimum absolute atomic E-state index is 0.0565. The van der Waals surface area contributed by atoms with Crippen LogP contribution in [-0.4, -0.2) is 52.8 Å². The van der Waals surface area contributed by atoms with E-state index < -0.39 is 12.1 Å². The number of esters is 1. The van der Waals surface area contributed by atoms with Crippen LogP contribution in [0.5, 0.6) is 0 Å². The molecule has 6 nitrogen and oxygen atoms in total. The summed E-state index contributed by atoms with van der Waals surface area (Å²) < 4.78 is 6.88. The summed E-state index contributed by atoms with van der Waals surface area (Å²) in [7, 11) is 1.28. The van der Waals surface area contributed by atoms with E-state index in [4.69, 9.17) is 0 Å². The molecule has 2 fully saturated rings. The smallest absolute Gasteiger partial charge is 0.334 e. The van der Waals surface area contributed by atoms with Crippen molar-refractivity contribution in [1.82, 2.24) is 9.47 Å². The zero-order chi connectivity index (χ0) is 17.4. The van der Waals surface area contributed by atoms with Gasteiger partial charge in [0.05, 0.1) is 12.7 Å². The van der Waals surface area contributed by atoms with Gasteiger partial charge in [-0.05, 0) is 51.5 Å². The summed E-state index contributed by atoms with van der Waals surface area (Å²) >= 11 is 0. The molecule has 6 heteroatoms. The van der Waals surface area contributed by atoms with Crippen molar-refractivity contribution >= 4 is 11.9 Å². The van der Waals surface area contributed by atoms with Crippen molar-refractivity contribution in [2.24, 2.45) is 5.92 Å². The van der Waals surface area contributed by atoms with Crippen LogP contribution in [0.2, 0.25) is 0 Å². The van der Waals surface area contributed by atoms with E-state index in [1.807, 2.05) is 17.9 Å². The van der Waals surface area contributed by atoms with Crippen LogP contribution < -0.4 is 0 Å². The van der Waals surface area contributed by atoms with Gasteiger partial charge in [0, 0.05) is 30.5 Å². The third-order valence-corrected chi connectivity index (χ3v) is 5.34. The Labute approximate surface area is 142 Å². The second kappa shape index (κ2) is 6.59. The fraction of sp³-hybridized carbons (Fsp3) is 0.667. The maximum Gasteiger partial charge on any atom is 0.334 e. The van der Waals surface area contributed by atoms with Gasteiger partial charge in [-0.25, -0.2) is 4.79 Å². The predicted molar refractivity (Wildman–Crippen MR) is 88.8 cm³/mol. The summed E-state index contributed by atoms with van der Waals surface area (Å²) in [5.41, 5.74) is 2.98. The Bertz CT molecular complexity index is 640. The molecule has 1 aliphatic heterocycles. The van der Waals surface area contributed by atoms with Crippen LogP contribution in [0.25, 0.3) is 0 Å². The molecule has 1 saturated heterocycles. The number of carbonyl (C=O) groups is 2. The lowest BCUT2D eigenvalue weighted by Crippen LogP contribution is -2.43. The van der Waals surface area contributed by atoms with Crippen molar-refractivity contribution in [2.75, 3.05) is 20.2 Å². The molecule has 1 atom stereocenters. The van der Waals surface area contributed by atoms with Crippen molar-refractivity contribution in [2.45, 2.75) is 51.7 Å². The number of nitrogens with zero attached hydrogens (tertiary/aromatic N) is 2. The Kier molecular flexibility index (Phi) is 4.67. The number of aliphatic hydroxyl groups excluding tert-OH is 1. The number of aliphatic hydroxyl groups is 1.